The first-order chi connectivity index (χ1) is 11.2. The third kappa shape index (κ3) is 2.82. The van der Waals surface area contributed by atoms with Gasteiger partial charge in [-0.3, -0.25) is 0 Å². The van der Waals surface area contributed by atoms with Gasteiger partial charge in [-0.2, -0.15) is 4.98 Å². The molecule has 0 radical (unpaired) electrons. The molecular weight excluding hydrogens is 312 g/mol. The SMILES string of the molecule is Nc1nc(Cl)cc(Nc2ccc3c(c2)nc2n3CCCCC2)n1. The Kier molecular flexibility index (Phi) is 3.53. The van der Waals surface area contributed by atoms with E-state index in [1.54, 1.807) is 6.07 Å². The maximum atomic E-state index is 5.91. The van der Waals surface area contributed by atoms with Crippen LogP contribution in [0.5, 0.6) is 0 Å². The van der Waals surface area contributed by atoms with Crippen molar-refractivity contribution in [3.05, 3.63) is 35.2 Å². The number of hydrogen-bond acceptors (Lipinski definition) is 5. The Balaban J connectivity index is 1.69. The molecule has 4 rings (SSSR count). The smallest absolute Gasteiger partial charge is 0.223 e. The summed E-state index contributed by atoms with van der Waals surface area (Å²) < 4.78 is 2.34. The Bertz CT molecular complexity index is 852. The second-order valence-corrected chi connectivity index (χ2v) is 6.14. The molecule has 2 aromatic heterocycles. The highest BCUT2D eigenvalue weighted by Gasteiger charge is 2.13. The number of halogens is 1. The molecule has 1 aromatic carbocycles. The topological polar surface area (TPSA) is 81.6 Å². The third-order valence-corrected chi connectivity index (χ3v) is 4.29. The van der Waals surface area contributed by atoms with Crippen LogP contribution in [0, 0.1) is 0 Å². The van der Waals surface area contributed by atoms with Crippen LogP contribution in [-0.2, 0) is 13.0 Å². The average molecular weight is 329 g/mol. The Hall–Kier alpha value is -2.34. The summed E-state index contributed by atoms with van der Waals surface area (Å²) in [7, 11) is 0. The molecule has 23 heavy (non-hydrogen) atoms. The van der Waals surface area contributed by atoms with E-state index in [1.165, 1.54) is 30.6 Å². The van der Waals surface area contributed by atoms with Crippen LogP contribution in [0.2, 0.25) is 5.15 Å². The molecule has 0 spiro atoms. The second kappa shape index (κ2) is 5.70. The first-order valence-electron chi connectivity index (χ1n) is 7.75. The number of aromatic nitrogens is 4. The quantitative estimate of drug-likeness (QED) is 0.703. The number of nitrogens with two attached hydrogens (primary N) is 1. The first-order valence-corrected chi connectivity index (χ1v) is 8.13. The van der Waals surface area contributed by atoms with Gasteiger partial charge in [-0.25, -0.2) is 9.97 Å². The van der Waals surface area contributed by atoms with Gasteiger partial charge in [0.1, 0.15) is 16.8 Å². The van der Waals surface area contributed by atoms with Crippen LogP contribution < -0.4 is 11.1 Å². The highest BCUT2D eigenvalue weighted by molar-refractivity contribution is 6.29. The Morgan fingerprint density at radius 2 is 2.00 bits per heavy atom. The van der Waals surface area contributed by atoms with Crippen LogP contribution in [0.4, 0.5) is 17.5 Å². The lowest BCUT2D eigenvalue weighted by Crippen LogP contribution is -2.00. The number of imidazole rings is 1. The summed E-state index contributed by atoms with van der Waals surface area (Å²) >= 11 is 5.91. The predicted octanol–water partition coefficient (Wildman–Crippen LogP) is 3.53. The zero-order chi connectivity index (χ0) is 15.8. The first kappa shape index (κ1) is 14.3. The van der Waals surface area contributed by atoms with Gasteiger partial charge in [-0.15, -0.1) is 0 Å². The van der Waals surface area contributed by atoms with Gasteiger partial charge in [-0.05, 0) is 31.0 Å². The van der Waals surface area contributed by atoms with Gasteiger partial charge in [0.2, 0.25) is 5.95 Å². The molecule has 0 bridgehead atoms. The van der Waals surface area contributed by atoms with E-state index in [1.807, 2.05) is 12.1 Å². The van der Waals surface area contributed by atoms with Crippen molar-refractivity contribution < 1.29 is 0 Å². The molecular formula is C16H17ClN6. The van der Waals surface area contributed by atoms with Gasteiger partial charge in [0.25, 0.3) is 0 Å². The fourth-order valence-electron chi connectivity index (χ4n) is 3.07. The highest BCUT2D eigenvalue weighted by atomic mass is 35.5. The molecule has 0 saturated heterocycles. The predicted molar refractivity (Wildman–Crippen MR) is 92.0 cm³/mol. The molecule has 7 heteroatoms. The fourth-order valence-corrected chi connectivity index (χ4v) is 3.26. The third-order valence-electron chi connectivity index (χ3n) is 4.09. The average Bonchev–Trinajstić information content (AvgIpc) is 2.67. The van der Waals surface area contributed by atoms with Gasteiger partial charge in [-0.1, -0.05) is 18.0 Å². The van der Waals surface area contributed by atoms with Crippen molar-refractivity contribution in [2.24, 2.45) is 0 Å². The summed E-state index contributed by atoms with van der Waals surface area (Å²) in [5, 5.41) is 3.52. The standard InChI is InChI=1S/C16H17ClN6/c17-13-9-14(22-16(18)21-13)19-10-5-6-12-11(8-10)20-15-4-2-1-3-7-23(12)15/h5-6,8-9H,1-4,7H2,(H3,18,19,21,22). The molecule has 0 unspecified atom stereocenters. The lowest BCUT2D eigenvalue weighted by molar-refractivity contribution is 0.647. The van der Waals surface area contributed by atoms with Gasteiger partial charge >= 0.3 is 0 Å². The van der Waals surface area contributed by atoms with Crippen LogP contribution in [0.1, 0.15) is 25.1 Å². The number of anilines is 3. The van der Waals surface area contributed by atoms with Crippen LogP contribution >= 0.6 is 11.6 Å². The summed E-state index contributed by atoms with van der Waals surface area (Å²) in [5.74, 6) is 1.90. The minimum absolute atomic E-state index is 0.148. The lowest BCUT2D eigenvalue weighted by Gasteiger charge is -2.07. The molecule has 3 aromatic rings. The second-order valence-electron chi connectivity index (χ2n) is 5.75. The molecule has 3 N–H and O–H groups in total. The summed E-state index contributed by atoms with van der Waals surface area (Å²) in [5.41, 5.74) is 8.71. The van der Waals surface area contributed by atoms with Crippen molar-refractivity contribution in [1.29, 1.82) is 0 Å². The number of aryl methyl sites for hydroxylation is 2. The molecule has 118 valence electrons. The van der Waals surface area contributed by atoms with Crippen molar-refractivity contribution in [2.45, 2.75) is 32.2 Å². The summed E-state index contributed by atoms with van der Waals surface area (Å²) in [4.78, 5) is 12.8. The van der Waals surface area contributed by atoms with Gasteiger partial charge in [0, 0.05) is 24.7 Å². The Morgan fingerprint density at radius 1 is 1.09 bits per heavy atom. The normalized spacial score (nSPS) is 14.5. The largest absolute Gasteiger partial charge is 0.368 e. The lowest BCUT2D eigenvalue weighted by atomic mass is 10.2. The number of nitrogen functional groups attached to an aromatic ring is 1. The minimum atomic E-state index is 0.148. The molecule has 0 fully saturated rings. The zero-order valence-electron chi connectivity index (χ0n) is 12.6. The van der Waals surface area contributed by atoms with Gasteiger partial charge in [0.15, 0.2) is 0 Å². The minimum Gasteiger partial charge on any atom is -0.368 e. The summed E-state index contributed by atoms with van der Waals surface area (Å²) in [6, 6.07) is 7.80. The monoisotopic (exact) mass is 328 g/mol. The number of nitrogens with zero attached hydrogens (tertiary/aromatic N) is 4. The van der Waals surface area contributed by atoms with Crippen molar-refractivity contribution >= 4 is 40.1 Å². The molecule has 0 atom stereocenters. The van der Waals surface area contributed by atoms with E-state index in [-0.39, 0.29) is 5.95 Å². The Labute approximate surface area is 138 Å². The highest BCUT2D eigenvalue weighted by Crippen LogP contribution is 2.26. The number of rotatable bonds is 2. The number of benzene rings is 1. The molecule has 3 heterocycles. The summed E-state index contributed by atoms with van der Waals surface area (Å²) in [6.45, 7) is 1.05. The molecule has 1 aliphatic rings. The Morgan fingerprint density at radius 3 is 2.87 bits per heavy atom. The molecule has 6 nitrogen and oxygen atoms in total. The molecule has 0 aliphatic carbocycles. The van der Waals surface area contributed by atoms with Crippen LogP contribution in [0.15, 0.2) is 24.3 Å². The van der Waals surface area contributed by atoms with Crippen molar-refractivity contribution in [2.75, 3.05) is 11.1 Å². The number of nitrogens with one attached hydrogen (secondary N) is 1. The van der Waals surface area contributed by atoms with E-state index >= 15 is 0 Å². The van der Waals surface area contributed by atoms with Crippen LogP contribution in [0.25, 0.3) is 11.0 Å². The van der Waals surface area contributed by atoms with Crippen molar-refractivity contribution in [3.8, 4) is 0 Å². The van der Waals surface area contributed by atoms with E-state index in [0.717, 1.165) is 24.2 Å². The zero-order valence-corrected chi connectivity index (χ0v) is 13.3. The van der Waals surface area contributed by atoms with Crippen LogP contribution in [0.3, 0.4) is 0 Å². The number of fused-ring (bicyclic) bond motifs is 3. The van der Waals surface area contributed by atoms with Gasteiger partial charge in [0.05, 0.1) is 11.0 Å². The van der Waals surface area contributed by atoms with E-state index in [4.69, 9.17) is 22.3 Å². The van der Waals surface area contributed by atoms with Crippen molar-refractivity contribution in [3.63, 3.8) is 0 Å². The fraction of sp³-hybridized carbons (Fsp3) is 0.312. The van der Waals surface area contributed by atoms with Crippen molar-refractivity contribution in [1.82, 2.24) is 19.5 Å². The molecule has 0 saturated carbocycles. The van der Waals surface area contributed by atoms with E-state index in [0.29, 0.717) is 11.0 Å². The summed E-state index contributed by atoms with van der Waals surface area (Å²) in [6.07, 6.45) is 4.76. The van der Waals surface area contributed by atoms with Gasteiger partial charge < -0.3 is 15.6 Å². The van der Waals surface area contributed by atoms with Crippen LogP contribution in [-0.4, -0.2) is 19.5 Å². The molecule has 1 aliphatic heterocycles. The maximum Gasteiger partial charge on any atom is 0.223 e. The number of hydrogen-bond donors (Lipinski definition) is 2. The van der Waals surface area contributed by atoms with E-state index < -0.39 is 0 Å². The molecule has 0 amide bonds. The van der Waals surface area contributed by atoms with E-state index in [2.05, 4.69) is 25.9 Å². The van der Waals surface area contributed by atoms with E-state index in [9.17, 15) is 0 Å². The maximum absolute atomic E-state index is 5.91.